The lowest BCUT2D eigenvalue weighted by Crippen LogP contribution is -2.12. The number of sulfonamides is 1. The van der Waals surface area contributed by atoms with Crippen molar-refractivity contribution in [2.45, 2.75) is 4.90 Å². The van der Waals surface area contributed by atoms with Crippen molar-refractivity contribution < 1.29 is 22.6 Å². The molecule has 5 rings (SSSR count). The molecule has 0 heterocycles. The van der Waals surface area contributed by atoms with Gasteiger partial charge in [0.2, 0.25) is 0 Å². The van der Waals surface area contributed by atoms with Crippen molar-refractivity contribution in [1.29, 1.82) is 0 Å². The molecule has 0 aromatic heterocycles. The molecule has 0 saturated carbocycles. The molecule has 0 spiro atoms. The van der Waals surface area contributed by atoms with E-state index in [1.165, 1.54) is 12.1 Å². The first-order valence-electron chi connectivity index (χ1n) is 11.7. The molecule has 7 nitrogen and oxygen atoms in total. The Morgan fingerprint density at radius 3 is 1.32 bits per heavy atom. The SMILES string of the molecule is Nc1ccc(Oc2ccc(Oc3ccc(NS(=O)(=O)c4ccc(Oc5ccccc5)cc4)cc3)cc2)cc1. The fraction of sp³-hybridized carbons (Fsp3) is 0. The number of benzene rings is 5. The number of ether oxygens (including phenoxy) is 3. The van der Waals surface area contributed by atoms with Gasteiger partial charge in [0.1, 0.15) is 34.5 Å². The zero-order valence-corrected chi connectivity index (χ0v) is 21.0. The van der Waals surface area contributed by atoms with Gasteiger partial charge in [0.25, 0.3) is 10.0 Å². The molecule has 0 amide bonds. The van der Waals surface area contributed by atoms with Gasteiger partial charge in [-0.3, -0.25) is 4.72 Å². The smallest absolute Gasteiger partial charge is 0.261 e. The van der Waals surface area contributed by atoms with Crippen LogP contribution >= 0.6 is 0 Å². The number of nitrogens with one attached hydrogen (secondary N) is 1. The summed E-state index contributed by atoms with van der Waals surface area (Å²) >= 11 is 0. The Labute approximate surface area is 221 Å². The second-order valence-electron chi connectivity index (χ2n) is 8.26. The average Bonchev–Trinajstić information content (AvgIpc) is 2.93. The van der Waals surface area contributed by atoms with E-state index in [-0.39, 0.29) is 4.90 Å². The average molecular weight is 525 g/mol. The van der Waals surface area contributed by atoms with Crippen LogP contribution in [0.25, 0.3) is 0 Å². The Morgan fingerprint density at radius 1 is 0.474 bits per heavy atom. The summed E-state index contributed by atoms with van der Waals surface area (Å²) in [6.07, 6.45) is 0. The van der Waals surface area contributed by atoms with E-state index < -0.39 is 10.0 Å². The molecule has 38 heavy (non-hydrogen) atoms. The van der Waals surface area contributed by atoms with Crippen molar-refractivity contribution in [3.05, 3.63) is 127 Å². The highest BCUT2D eigenvalue weighted by Gasteiger charge is 2.14. The molecule has 0 aliphatic rings. The van der Waals surface area contributed by atoms with Gasteiger partial charge in [-0.05, 0) is 109 Å². The van der Waals surface area contributed by atoms with Crippen molar-refractivity contribution >= 4 is 21.4 Å². The zero-order valence-electron chi connectivity index (χ0n) is 20.2. The molecule has 0 aliphatic heterocycles. The maximum Gasteiger partial charge on any atom is 0.261 e. The fourth-order valence-electron chi connectivity index (χ4n) is 3.50. The third-order valence-corrected chi connectivity index (χ3v) is 6.79. The van der Waals surface area contributed by atoms with Crippen molar-refractivity contribution in [2.24, 2.45) is 0 Å². The Bertz CT molecular complexity index is 1590. The van der Waals surface area contributed by atoms with Gasteiger partial charge in [-0.25, -0.2) is 8.42 Å². The summed E-state index contributed by atoms with van der Waals surface area (Å²) < 4.78 is 45.6. The molecule has 0 bridgehead atoms. The van der Waals surface area contributed by atoms with Crippen LogP contribution in [0.15, 0.2) is 132 Å². The van der Waals surface area contributed by atoms with Crippen molar-refractivity contribution in [3.63, 3.8) is 0 Å². The molecule has 5 aromatic carbocycles. The van der Waals surface area contributed by atoms with E-state index in [2.05, 4.69) is 4.72 Å². The molecular formula is C30H24N2O5S. The Morgan fingerprint density at radius 2 is 0.842 bits per heavy atom. The number of rotatable bonds is 9. The lowest BCUT2D eigenvalue weighted by molar-refractivity contribution is 0.469. The van der Waals surface area contributed by atoms with E-state index in [1.54, 1.807) is 84.9 Å². The lowest BCUT2D eigenvalue weighted by atomic mass is 10.3. The quantitative estimate of drug-likeness (QED) is 0.194. The minimum atomic E-state index is -3.77. The summed E-state index contributed by atoms with van der Waals surface area (Å²) in [6, 6.07) is 36.5. The van der Waals surface area contributed by atoms with Crippen LogP contribution in [0.3, 0.4) is 0 Å². The molecular weight excluding hydrogens is 500 g/mol. The van der Waals surface area contributed by atoms with E-state index in [0.717, 1.165) is 0 Å². The highest BCUT2D eigenvalue weighted by molar-refractivity contribution is 7.92. The minimum absolute atomic E-state index is 0.125. The van der Waals surface area contributed by atoms with Gasteiger partial charge < -0.3 is 19.9 Å². The molecule has 0 saturated heterocycles. The zero-order chi connectivity index (χ0) is 26.4. The van der Waals surface area contributed by atoms with Crippen molar-refractivity contribution in [2.75, 3.05) is 10.5 Å². The van der Waals surface area contributed by atoms with Gasteiger partial charge in [-0.2, -0.15) is 0 Å². The minimum Gasteiger partial charge on any atom is -0.457 e. The predicted octanol–water partition coefficient (Wildman–Crippen LogP) is 7.45. The highest BCUT2D eigenvalue weighted by atomic mass is 32.2. The molecule has 0 aliphatic carbocycles. The third-order valence-electron chi connectivity index (χ3n) is 5.39. The lowest BCUT2D eigenvalue weighted by Gasteiger charge is -2.11. The van der Waals surface area contributed by atoms with E-state index >= 15 is 0 Å². The van der Waals surface area contributed by atoms with Crippen molar-refractivity contribution in [1.82, 2.24) is 0 Å². The first-order chi connectivity index (χ1) is 18.4. The van der Waals surface area contributed by atoms with E-state index in [9.17, 15) is 8.42 Å². The summed E-state index contributed by atoms with van der Waals surface area (Å²) in [7, 11) is -3.77. The number of hydrogen-bond acceptors (Lipinski definition) is 6. The number of anilines is 2. The van der Waals surface area contributed by atoms with Crippen LogP contribution < -0.4 is 24.7 Å². The Balaban J connectivity index is 1.18. The standard InChI is InChI=1S/C30H24N2O5S/c31-22-6-10-25(11-7-22)36-27-14-16-28(17-15-27)37-26-12-8-23(9-13-26)32-38(33,34)30-20-18-29(19-21-30)35-24-4-2-1-3-5-24/h1-21,32H,31H2. The maximum atomic E-state index is 12.8. The van der Waals surface area contributed by atoms with E-state index in [4.69, 9.17) is 19.9 Å². The topological polar surface area (TPSA) is 99.9 Å². The second-order valence-corrected chi connectivity index (χ2v) is 9.94. The van der Waals surface area contributed by atoms with Gasteiger partial charge in [-0.1, -0.05) is 18.2 Å². The predicted molar refractivity (Wildman–Crippen MR) is 148 cm³/mol. The third kappa shape index (κ3) is 6.43. The number of nitrogen functional groups attached to an aromatic ring is 1. The summed E-state index contributed by atoms with van der Waals surface area (Å²) in [5.74, 6) is 3.73. The molecule has 5 aromatic rings. The molecule has 0 unspecified atom stereocenters. The molecule has 0 atom stereocenters. The molecule has 8 heteroatoms. The van der Waals surface area contributed by atoms with Gasteiger partial charge in [0.15, 0.2) is 0 Å². The molecule has 190 valence electrons. The Kier molecular flexibility index (Phi) is 7.15. The van der Waals surface area contributed by atoms with Gasteiger partial charge in [-0.15, -0.1) is 0 Å². The van der Waals surface area contributed by atoms with Crippen molar-refractivity contribution in [3.8, 4) is 34.5 Å². The number of para-hydroxylation sites is 1. The van der Waals surface area contributed by atoms with Crippen LogP contribution in [-0.4, -0.2) is 8.42 Å². The second kappa shape index (κ2) is 11.0. The van der Waals surface area contributed by atoms with Crippen LogP contribution in [0, 0.1) is 0 Å². The van der Waals surface area contributed by atoms with Crippen LogP contribution in [0.2, 0.25) is 0 Å². The van der Waals surface area contributed by atoms with Gasteiger partial charge >= 0.3 is 0 Å². The highest BCUT2D eigenvalue weighted by Crippen LogP contribution is 2.29. The number of hydrogen-bond donors (Lipinski definition) is 2. The molecule has 3 N–H and O–H groups in total. The first-order valence-corrected chi connectivity index (χ1v) is 13.2. The molecule has 0 radical (unpaired) electrons. The monoisotopic (exact) mass is 524 g/mol. The summed E-state index contributed by atoms with van der Waals surface area (Å²) in [4.78, 5) is 0.125. The van der Waals surface area contributed by atoms with Crippen LogP contribution in [-0.2, 0) is 10.0 Å². The molecule has 0 fully saturated rings. The van der Waals surface area contributed by atoms with Gasteiger partial charge in [0, 0.05) is 11.4 Å². The van der Waals surface area contributed by atoms with Gasteiger partial charge in [0.05, 0.1) is 4.90 Å². The van der Waals surface area contributed by atoms with E-state index in [0.29, 0.717) is 45.9 Å². The maximum absolute atomic E-state index is 12.8. The summed E-state index contributed by atoms with van der Waals surface area (Å²) in [5.41, 5.74) is 6.78. The normalized spacial score (nSPS) is 10.9. The van der Waals surface area contributed by atoms with Crippen LogP contribution in [0.5, 0.6) is 34.5 Å². The van der Waals surface area contributed by atoms with E-state index in [1.807, 2.05) is 30.3 Å². The summed E-state index contributed by atoms with van der Waals surface area (Å²) in [5, 5.41) is 0. The Hall–Kier alpha value is -4.95. The van der Waals surface area contributed by atoms with Crippen LogP contribution in [0.1, 0.15) is 0 Å². The fourth-order valence-corrected chi connectivity index (χ4v) is 4.56. The number of nitrogens with two attached hydrogens (primary N) is 1. The summed E-state index contributed by atoms with van der Waals surface area (Å²) in [6.45, 7) is 0. The largest absolute Gasteiger partial charge is 0.457 e. The van der Waals surface area contributed by atoms with Crippen LogP contribution in [0.4, 0.5) is 11.4 Å². The first kappa shape index (κ1) is 24.7.